The van der Waals surface area contributed by atoms with Gasteiger partial charge in [0.2, 0.25) is 0 Å². The second-order valence-corrected chi connectivity index (χ2v) is 8.06. The minimum atomic E-state index is -0.128. The number of amides is 1. The molecule has 0 aliphatic heterocycles. The predicted octanol–water partition coefficient (Wildman–Crippen LogP) is 4.80. The summed E-state index contributed by atoms with van der Waals surface area (Å²) in [6.45, 7) is 6.49. The molecule has 2 heterocycles. The largest absolute Gasteiger partial charge is 0.281 e. The van der Waals surface area contributed by atoms with Gasteiger partial charge in [0.05, 0.1) is 16.8 Å². The highest BCUT2D eigenvalue weighted by atomic mass is 32.1. The first-order chi connectivity index (χ1) is 13.4. The molecule has 0 aliphatic carbocycles. The van der Waals surface area contributed by atoms with E-state index in [4.69, 9.17) is 4.98 Å². The fourth-order valence-electron chi connectivity index (χ4n) is 3.30. The maximum Gasteiger partial charge on any atom is 0.281 e. The van der Waals surface area contributed by atoms with Crippen LogP contribution >= 0.6 is 11.3 Å². The highest BCUT2D eigenvalue weighted by molar-refractivity contribution is 7.22. The summed E-state index contributed by atoms with van der Waals surface area (Å²) >= 11 is 1.56. The molecule has 0 N–H and O–H groups in total. The molecule has 2 aromatic carbocycles. The van der Waals surface area contributed by atoms with Crippen molar-refractivity contribution in [3.05, 3.63) is 76.6 Å². The summed E-state index contributed by atoms with van der Waals surface area (Å²) < 4.78 is 2.80. The van der Waals surface area contributed by atoms with Crippen LogP contribution in [0.25, 0.3) is 10.2 Å². The number of anilines is 1. The quantitative estimate of drug-likeness (QED) is 0.503. The maximum atomic E-state index is 13.4. The van der Waals surface area contributed by atoms with Gasteiger partial charge < -0.3 is 0 Å². The van der Waals surface area contributed by atoms with E-state index in [2.05, 4.69) is 31.1 Å². The van der Waals surface area contributed by atoms with Crippen LogP contribution in [0.1, 0.15) is 32.7 Å². The second kappa shape index (κ2) is 7.20. The van der Waals surface area contributed by atoms with Crippen molar-refractivity contribution in [2.24, 2.45) is 7.05 Å². The normalized spacial score (nSPS) is 11.1. The van der Waals surface area contributed by atoms with Gasteiger partial charge in [-0.1, -0.05) is 53.8 Å². The van der Waals surface area contributed by atoms with Gasteiger partial charge in [-0.15, -0.1) is 0 Å². The molecule has 0 saturated heterocycles. The van der Waals surface area contributed by atoms with Gasteiger partial charge >= 0.3 is 0 Å². The first-order valence-electron chi connectivity index (χ1n) is 9.17. The van der Waals surface area contributed by atoms with Gasteiger partial charge in [-0.3, -0.25) is 14.4 Å². The van der Waals surface area contributed by atoms with E-state index < -0.39 is 0 Å². The van der Waals surface area contributed by atoms with Gasteiger partial charge in [-0.25, -0.2) is 4.98 Å². The van der Waals surface area contributed by atoms with E-state index in [-0.39, 0.29) is 5.91 Å². The van der Waals surface area contributed by atoms with Gasteiger partial charge in [0.25, 0.3) is 5.91 Å². The Balaban J connectivity index is 1.83. The Labute approximate surface area is 168 Å². The van der Waals surface area contributed by atoms with Crippen LogP contribution in [0.4, 0.5) is 5.13 Å². The number of thiazole rings is 1. The highest BCUT2D eigenvalue weighted by Gasteiger charge is 2.25. The lowest BCUT2D eigenvalue weighted by atomic mass is 10.1. The predicted molar refractivity (Wildman–Crippen MR) is 114 cm³/mol. The first kappa shape index (κ1) is 18.4. The van der Waals surface area contributed by atoms with Crippen molar-refractivity contribution >= 4 is 32.6 Å². The first-order valence-corrected chi connectivity index (χ1v) is 9.98. The summed E-state index contributed by atoms with van der Waals surface area (Å²) in [5, 5.41) is 5.09. The summed E-state index contributed by atoms with van der Waals surface area (Å²) in [7, 11) is 1.83. The SMILES string of the molecule is Cc1cn(C)nc1C(=O)N(Cc1ccccc1)c1nc2c(C)ccc(C)c2s1. The van der Waals surface area contributed by atoms with E-state index in [1.54, 1.807) is 20.9 Å². The molecule has 4 aromatic rings. The number of hydrogen-bond acceptors (Lipinski definition) is 4. The van der Waals surface area contributed by atoms with Crippen molar-refractivity contribution in [3.63, 3.8) is 0 Å². The monoisotopic (exact) mass is 390 g/mol. The van der Waals surface area contributed by atoms with Crippen molar-refractivity contribution in [1.82, 2.24) is 14.8 Å². The third kappa shape index (κ3) is 3.31. The molecular formula is C22H22N4OS. The molecule has 4 rings (SSSR count). The van der Waals surface area contributed by atoms with Crippen LogP contribution in [0, 0.1) is 20.8 Å². The second-order valence-electron chi connectivity index (χ2n) is 7.08. The van der Waals surface area contributed by atoms with Crippen molar-refractivity contribution in [1.29, 1.82) is 0 Å². The summed E-state index contributed by atoms with van der Waals surface area (Å²) in [5.41, 5.74) is 5.63. The maximum absolute atomic E-state index is 13.4. The molecule has 0 fully saturated rings. The molecule has 6 heteroatoms. The lowest BCUT2D eigenvalue weighted by Crippen LogP contribution is -2.31. The molecule has 0 radical (unpaired) electrons. The van der Waals surface area contributed by atoms with Crippen LogP contribution in [0.2, 0.25) is 0 Å². The number of aromatic nitrogens is 3. The lowest BCUT2D eigenvalue weighted by molar-refractivity contribution is 0.0979. The van der Waals surface area contributed by atoms with Gasteiger partial charge in [0, 0.05) is 18.8 Å². The average molecular weight is 391 g/mol. The van der Waals surface area contributed by atoms with Gasteiger partial charge in [-0.05, 0) is 37.5 Å². The van der Waals surface area contributed by atoms with Crippen molar-refractivity contribution < 1.29 is 4.79 Å². The molecule has 0 aliphatic rings. The Kier molecular flexibility index (Phi) is 4.73. The van der Waals surface area contributed by atoms with Gasteiger partial charge in [0.1, 0.15) is 0 Å². The lowest BCUT2D eigenvalue weighted by Gasteiger charge is -2.19. The van der Waals surface area contributed by atoms with E-state index in [0.717, 1.165) is 26.9 Å². The van der Waals surface area contributed by atoms with E-state index in [1.807, 2.05) is 50.5 Å². The summed E-state index contributed by atoms with van der Waals surface area (Å²) in [6, 6.07) is 14.2. The standard InChI is InChI=1S/C22H22N4OS/c1-14-10-11-15(2)20-18(14)23-22(28-20)26(13-17-8-6-5-7-9-17)21(27)19-16(3)12-25(4)24-19/h5-12H,13H2,1-4H3. The fraction of sp³-hybridized carbons (Fsp3) is 0.227. The third-order valence-electron chi connectivity index (χ3n) is 4.80. The molecule has 0 unspecified atom stereocenters. The number of hydrogen-bond donors (Lipinski definition) is 0. The smallest absolute Gasteiger partial charge is 0.278 e. The zero-order valence-corrected chi connectivity index (χ0v) is 17.2. The Morgan fingerprint density at radius 3 is 2.39 bits per heavy atom. The molecule has 0 atom stereocenters. The van der Waals surface area contributed by atoms with Gasteiger partial charge in [0.15, 0.2) is 10.8 Å². The molecular weight excluding hydrogens is 368 g/mol. The Bertz CT molecular complexity index is 1120. The van der Waals surface area contributed by atoms with Crippen LogP contribution in [0.5, 0.6) is 0 Å². The number of carbonyl (C=O) groups excluding carboxylic acids is 1. The Morgan fingerprint density at radius 1 is 1.04 bits per heavy atom. The fourth-order valence-corrected chi connectivity index (χ4v) is 4.41. The van der Waals surface area contributed by atoms with E-state index in [9.17, 15) is 4.79 Å². The average Bonchev–Trinajstić information content (AvgIpc) is 3.27. The van der Waals surface area contributed by atoms with Crippen LogP contribution in [0.3, 0.4) is 0 Å². The topological polar surface area (TPSA) is 51.0 Å². The minimum absolute atomic E-state index is 0.128. The number of carbonyl (C=O) groups is 1. The van der Waals surface area contributed by atoms with E-state index in [1.165, 1.54) is 5.56 Å². The number of benzene rings is 2. The van der Waals surface area contributed by atoms with Crippen LogP contribution in [0.15, 0.2) is 48.7 Å². The molecule has 1 amide bonds. The van der Waals surface area contributed by atoms with Gasteiger partial charge in [-0.2, -0.15) is 5.10 Å². The van der Waals surface area contributed by atoms with Crippen molar-refractivity contribution in [2.45, 2.75) is 27.3 Å². The minimum Gasteiger partial charge on any atom is -0.278 e. The number of fused-ring (bicyclic) bond motifs is 1. The van der Waals surface area contributed by atoms with E-state index in [0.29, 0.717) is 17.4 Å². The summed E-state index contributed by atoms with van der Waals surface area (Å²) in [6.07, 6.45) is 1.86. The summed E-state index contributed by atoms with van der Waals surface area (Å²) in [5.74, 6) is -0.128. The van der Waals surface area contributed by atoms with Crippen molar-refractivity contribution in [2.75, 3.05) is 4.90 Å². The number of nitrogens with zero attached hydrogens (tertiary/aromatic N) is 4. The molecule has 142 valence electrons. The highest BCUT2D eigenvalue weighted by Crippen LogP contribution is 2.34. The molecule has 0 spiro atoms. The molecule has 2 aromatic heterocycles. The molecule has 0 bridgehead atoms. The van der Waals surface area contributed by atoms with E-state index >= 15 is 0 Å². The molecule has 5 nitrogen and oxygen atoms in total. The zero-order valence-electron chi connectivity index (χ0n) is 16.4. The number of rotatable bonds is 4. The van der Waals surface area contributed by atoms with Crippen LogP contribution in [-0.2, 0) is 13.6 Å². The van der Waals surface area contributed by atoms with Crippen LogP contribution in [-0.4, -0.2) is 20.7 Å². The Morgan fingerprint density at radius 2 is 1.75 bits per heavy atom. The molecule has 0 saturated carbocycles. The Hall–Kier alpha value is -2.99. The third-order valence-corrected chi connectivity index (χ3v) is 6.02. The molecule has 28 heavy (non-hydrogen) atoms. The number of aryl methyl sites for hydroxylation is 4. The van der Waals surface area contributed by atoms with Crippen molar-refractivity contribution in [3.8, 4) is 0 Å². The summed E-state index contributed by atoms with van der Waals surface area (Å²) in [4.78, 5) is 20.0. The van der Waals surface area contributed by atoms with Crippen LogP contribution < -0.4 is 4.90 Å². The zero-order chi connectivity index (χ0) is 19.8.